The highest BCUT2D eigenvalue weighted by Gasteiger charge is 2.19. The quantitative estimate of drug-likeness (QED) is 0.759. The summed E-state index contributed by atoms with van der Waals surface area (Å²) in [6.45, 7) is 3.51. The molecular weight excluding hydrogens is 246 g/mol. The van der Waals surface area contributed by atoms with Crippen LogP contribution in [0.15, 0.2) is 30.3 Å². The number of hydrogen-bond donors (Lipinski definition) is 2. The summed E-state index contributed by atoms with van der Waals surface area (Å²) in [4.78, 5) is 11.3. The van der Waals surface area contributed by atoms with Gasteiger partial charge >= 0.3 is 5.97 Å². The van der Waals surface area contributed by atoms with Gasteiger partial charge in [-0.15, -0.1) is 0 Å². The second-order valence-corrected chi connectivity index (χ2v) is 5.43. The van der Waals surface area contributed by atoms with E-state index in [4.69, 9.17) is 0 Å². The second-order valence-electron chi connectivity index (χ2n) is 4.52. The van der Waals surface area contributed by atoms with E-state index in [1.54, 1.807) is 0 Å². The normalized spacial score (nSPS) is 14.1. The van der Waals surface area contributed by atoms with Gasteiger partial charge in [-0.05, 0) is 30.0 Å². The van der Waals surface area contributed by atoms with Gasteiger partial charge in [0, 0.05) is 6.54 Å². The number of hydrogen-bond acceptors (Lipinski definition) is 3. The number of aliphatic carboxylic acids is 1. The molecule has 0 radical (unpaired) electrons. The highest BCUT2D eigenvalue weighted by molar-refractivity contribution is 7.98. The van der Waals surface area contributed by atoms with Crippen LogP contribution in [0.3, 0.4) is 0 Å². The molecule has 2 atom stereocenters. The van der Waals surface area contributed by atoms with E-state index in [1.165, 1.54) is 0 Å². The van der Waals surface area contributed by atoms with E-state index >= 15 is 0 Å². The fourth-order valence-electron chi connectivity index (χ4n) is 1.85. The number of benzene rings is 1. The third kappa shape index (κ3) is 5.10. The van der Waals surface area contributed by atoms with Crippen molar-refractivity contribution in [2.75, 3.05) is 25.1 Å². The molecule has 1 aromatic rings. The van der Waals surface area contributed by atoms with Gasteiger partial charge in [0.05, 0.1) is 5.92 Å². The standard InChI is InChI=1S/C14H21NO2S/c1-11(10-18-2)8-15-9-13(14(16)17)12-6-4-3-5-7-12/h3-7,11,13,15H,8-10H2,1-2H3,(H,16,17). The molecule has 18 heavy (non-hydrogen) atoms. The number of carbonyl (C=O) groups is 1. The summed E-state index contributed by atoms with van der Waals surface area (Å²) in [7, 11) is 0. The van der Waals surface area contributed by atoms with Crippen molar-refractivity contribution >= 4 is 17.7 Å². The van der Waals surface area contributed by atoms with Gasteiger partial charge < -0.3 is 10.4 Å². The summed E-state index contributed by atoms with van der Waals surface area (Å²) < 4.78 is 0. The predicted octanol–water partition coefficient (Wildman–Crippen LogP) is 2.44. The van der Waals surface area contributed by atoms with Gasteiger partial charge in [0.2, 0.25) is 0 Å². The summed E-state index contributed by atoms with van der Waals surface area (Å²) in [5.41, 5.74) is 0.856. The molecule has 0 aromatic heterocycles. The van der Waals surface area contributed by atoms with Crippen LogP contribution < -0.4 is 5.32 Å². The molecule has 0 aliphatic rings. The van der Waals surface area contributed by atoms with Crippen molar-refractivity contribution in [1.82, 2.24) is 5.32 Å². The zero-order chi connectivity index (χ0) is 13.4. The van der Waals surface area contributed by atoms with E-state index < -0.39 is 11.9 Å². The number of carboxylic acid groups (broad SMARTS) is 1. The largest absolute Gasteiger partial charge is 0.481 e. The minimum atomic E-state index is -0.772. The van der Waals surface area contributed by atoms with E-state index in [0.29, 0.717) is 12.5 Å². The summed E-state index contributed by atoms with van der Waals surface area (Å²) in [5, 5.41) is 12.5. The zero-order valence-electron chi connectivity index (χ0n) is 10.9. The fraction of sp³-hybridized carbons (Fsp3) is 0.500. The summed E-state index contributed by atoms with van der Waals surface area (Å²) in [5.74, 6) is 0.417. The lowest BCUT2D eigenvalue weighted by Crippen LogP contribution is -2.30. The van der Waals surface area contributed by atoms with Crippen LogP contribution in [0.2, 0.25) is 0 Å². The first-order valence-corrected chi connectivity index (χ1v) is 7.52. The molecule has 1 rings (SSSR count). The Bertz CT molecular complexity index is 356. The van der Waals surface area contributed by atoms with E-state index in [0.717, 1.165) is 17.9 Å². The lowest BCUT2D eigenvalue weighted by atomic mass is 9.99. The van der Waals surface area contributed by atoms with Crippen molar-refractivity contribution in [3.05, 3.63) is 35.9 Å². The Hall–Kier alpha value is -1.00. The van der Waals surface area contributed by atoms with E-state index in [2.05, 4.69) is 18.5 Å². The molecule has 100 valence electrons. The molecule has 4 heteroatoms. The average Bonchev–Trinajstić information content (AvgIpc) is 2.35. The van der Waals surface area contributed by atoms with Gasteiger partial charge in [0.15, 0.2) is 0 Å². The molecule has 0 heterocycles. The molecule has 0 bridgehead atoms. The minimum Gasteiger partial charge on any atom is -0.481 e. The topological polar surface area (TPSA) is 49.3 Å². The lowest BCUT2D eigenvalue weighted by Gasteiger charge is -2.16. The Labute approximate surface area is 113 Å². The Balaban J connectivity index is 2.48. The van der Waals surface area contributed by atoms with Gasteiger partial charge in [-0.2, -0.15) is 11.8 Å². The van der Waals surface area contributed by atoms with Crippen molar-refractivity contribution in [3.8, 4) is 0 Å². The van der Waals surface area contributed by atoms with Crippen LogP contribution in [0.4, 0.5) is 0 Å². The number of carboxylic acids is 1. The Morgan fingerprint density at radius 1 is 1.33 bits per heavy atom. The molecule has 0 aliphatic carbocycles. The van der Waals surface area contributed by atoms with Gasteiger partial charge in [0.25, 0.3) is 0 Å². The molecule has 0 amide bonds. The zero-order valence-corrected chi connectivity index (χ0v) is 11.7. The van der Waals surface area contributed by atoms with Crippen molar-refractivity contribution in [3.63, 3.8) is 0 Å². The first kappa shape index (κ1) is 15.1. The fourth-order valence-corrected chi connectivity index (χ4v) is 2.54. The van der Waals surface area contributed by atoms with Crippen molar-refractivity contribution in [2.45, 2.75) is 12.8 Å². The van der Waals surface area contributed by atoms with Crippen LogP contribution >= 0.6 is 11.8 Å². The van der Waals surface area contributed by atoms with Crippen LogP contribution in [0, 0.1) is 5.92 Å². The maximum Gasteiger partial charge on any atom is 0.312 e. The van der Waals surface area contributed by atoms with Gasteiger partial charge in [0.1, 0.15) is 0 Å². The first-order valence-electron chi connectivity index (χ1n) is 6.12. The molecular formula is C14H21NO2S. The van der Waals surface area contributed by atoms with E-state index in [9.17, 15) is 9.90 Å². The number of thioether (sulfide) groups is 1. The van der Waals surface area contributed by atoms with Crippen molar-refractivity contribution in [2.24, 2.45) is 5.92 Å². The predicted molar refractivity (Wildman–Crippen MR) is 77.2 cm³/mol. The van der Waals surface area contributed by atoms with E-state index in [1.807, 2.05) is 42.1 Å². The van der Waals surface area contributed by atoms with Crippen LogP contribution in [-0.4, -0.2) is 36.2 Å². The van der Waals surface area contributed by atoms with Crippen LogP contribution in [0.5, 0.6) is 0 Å². The van der Waals surface area contributed by atoms with Crippen LogP contribution in [-0.2, 0) is 4.79 Å². The Morgan fingerprint density at radius 3 is 2.56 bits per heavy atom. The molecule has 0 saturated carbocycles. The highest BCUT2D eigenvalue weighted by atomic mass is 32.2. The minimum absolute atomic E-state index is 0.465. The maximum atomic E-state index is 11.3. The molecule has 1 aromatic carbocycles. The maximum absolute atomic E-state index is 11.3. The lowest BCUT2D eigenvalue weighted by molar-refractivity contribution is -0.138. The Morgan fingerprint density at radius 2 is 2.00 bits per heavy atom. The molecule has 0 saturated heterocycles. The monoisotopic (exact) mass is 267 g/mol. The molecule has 0 spiro atoms. The average molecular weight is 267 g/mol. The molecule has 2 N–H and O–H groups in total. The first-order chi connectivity index (χ1) is 8.65. The number of nitrogens with one attached hydrogen (secondary N) is 1. The van der Waals surface area contributed by atoms with Crippen molar-refractivity contribution < 1.29 is 9.90 Å². The molecule has 3 nitrogen and oxygen atoms in total. The van der Waals surface area contributed by atoms with Crippen LogP contribution in [0.1, 0.15) is 18.4 Å². The molecule has 0 aliphatic heterocycles. The SMILES string of the molecule is CSCC(C)CNCC(C(=O)O)c1ccccc1. The van der Waals surface area contributed by atoms with Gasteiger partial charge in [-0.3, -0.25) is 4.79 Å². The molecule has 2 unspecified atom stereocenters. The summed E-state index contributed by atoms with van der Waals surface area (Å²) in [6.07, 6.45) is 2.08. The van der Waals surface area contributed by atoms with Gasteiger partial charge in [-0.25, -0.2) is 0 Å². The Kier molecular flexibility index (Phi) is 6.83. The second kappa shape index (κ2) is 8.16. The summed E-state index contributed by atoms with van der Waals surface area (Å²) >= 11 is 1.81. The number of rotatable bonds is 8. The third-order valence-electron chi connectivity index (χ3n) is 2.79. The van der Waals surface area contributed by atoms with Crippen LogP contribution in [0.25, 0.3) is 0 Å². The highest BCUT2D eigenvalue weighted by Crippen LogP contribution is 2.15. The summed E-state index contributed by atoms with van der Waals surface area (Å²) in [6, 6.07) is 9.39. The van der Waals surface area contributed by atoms with Gasteiger partial charge in [-0.1, -0.05) is 37.3 Å². The molecule has 0 fully saturated rings. The smallest absolute Gasteiger partial charge is 0.312 e. The van der Waals surface area contributed by atoms with E-state index in [-0.39, 0.29) is 0 Å². The third-order valence-corrected chi connectivity index (χ3v) is 3.69. The van der Waals surface area contributed by atoms with Crippen molar-refractivity contribution in [1.29, 1.82) is 0 Å².